The van der Waals surface area contributed by atoms with Crippen LogP contribution in [0.25, 0.3) is 0 Å². The first-order valence-electron chi connectivity index (χ1n) is 4.19. The molecule has 3 heteroatoms. The van der Waals surface area contributed by atoms with Gasteiger partial charge in [-0.15, -0.1) is 6.58 Å². The maximum absolute atomic E-state index is 10.9. The van der Waals surface area contributed by atoms with Gasteiger partial charge in [0.25, 0.3) is 0 Å². The Kier molecular flexibility index (Phi) is 2.87. The fourth-order valence-electron chi connectivity index (χ4n) is 1.58. The van der Waals surface area contributed by atoms with Crippen molar-refractivity contribution in [3.8, 4) is 0 Å². The van der Waals surface area contributed by atoms with E-state index in [-0.39, 0.29) is 0 Å². The molecular formula is C9H14O3. The standard InChI is InChI=1S/C9H14O3/c1-2-7-12-9(8(10)11)5-3-4-6-9/h2H,1,3-7H2,(H,10,11). The Morgan fingerprint density at radius 3 is 2.58 bits per heavy atom. The molecule has 0 aromatic heterocycles. The summed E-state index contributed by atoms with van der Waals surface area (Å²) in [5.41, 5.74) is -0.909. The van der Waals surface area contributed by atoms with Crippen LogP contribution in [0.4, 0.5) is 0 Å². The Morgan fingerprint density at radius 2 is 2.17 bits per heavy atom. The van der Waals surface area contributed by atoms with Gasteiger partial charge in [0, 0.05) is 0 Å². The summed E-state index contributed by atoms with van der Waals surface area (Å²) < 4.78 is 5.28. The van der Waals surface area contributed by atoms with Gasteiger partial charge in [-0.2, -0.15) is 0 Å². The van der Waals surface area contributed by atoms with Crippen molar-refractivity contribution in [1.82, 2.24) is 0 Å². The largest absolute Gasteiger partial charge is 0.479 e. The smallest absolute Gasteiger partial charge is 0.335 e. The van der Waals surface area contributed by atoms with Gasteiger partial charge in [-0.05, 0) is 25.7 Å². The number of hydrogen-bond acceptors (Lipinski definition) is 2. The van der Waals surface area contributed by atoms with Crippen LogP contribution in [-0.2, 0) is 9.53 Å². The molecule has 0 atom stereocenters. The fourth-order valence-corrected chi connectivity index (χ4v) is 1.58. The zero-order valence-electron chi connectivity index (χ0n) is 7.08. The summed E-state index contributed by atoms with van der Waals surface area (Å²) in [6, 6.07) is 0. The Bertz CT molecular complexity index is 180. The topological polar surface area (TPSA) is 46.5 Å². The molecule has 0 unspecified atom stereocenters. The zero-order chi connectivity index (χ0) is 9.03. The molecule has 0 saturated heterocycles. The van der Waals surface area contributed by atoms with Crippen molar-refractivity contribution in [2.45, 2.75) is 31.3 Å². The monoisotopic (exact) mass is 170 g/mol. The second-order valence-corrected chi connectivity index (χ2v) is 3.11. The van der Waals surface area contributed by atoms with Crippen LogP contribution >= 0.6 is 0 Å². The summed E-state index contributed by atoms with van der Waals surface area (Å²) in [7, 11) is 0. The Morgan fingerprint density at radius 1 is 1.58 bits per heavy atom. The van der Waals surface area contributed by atoms with Crippen molar-refractivity contribution in [3.05, 3.63) is 12.7 Å². The van der Waals surface area contributed by atoms with Crippen LogP contribution in [0.1, 0.15) is 25.7 Å². The van der Waals surface area contributed by atoms with E-state index in [1.165, 1.54) is 0 Å². The van der Waals surface area contributed by atoms with E-state index in [4.69, 9.17) is 9.84 Å². The van der Waals surface area contributed by atoms with Crippen molar-refractivity contribution in [1.29, 1.82) is 0 Å². The van der Waals surface area contributed by atoms with Gasteiger partial charge in [0.15, 0.2) is 5.60 Å². The molecule has 0 radical (unpaired) electrons. The highest BCUT2D eigenvalue weighted by atomic mass is 16.5. The van der Waals surface area contributed by atoms with Crippen LogP contribution in [0, 0.1) is 0 Å². The molecule has 0 aliphatic heterocycles. The van der Waals surface area contributed by atoms with E-state index in [0.717, 1.165) is 12.8 Å². The van der Waals surface area contributed by atoms with Crippen LogP contribution in [-0.4, -0.2) is 23.3 Å². The lowest BCUT2D eigenvalue weighted by atomic mass is 10.0. The van der Waals surface area contributed by atoms with Crippen molar-refractivity contribution < 1.29 is 14.6 Å². The molecule has 1 aliphatic rings. The Hall–Kier alpha value is -0.830. The number of aliphatic carboxylic acids is 1. The van der Waals surface area contributed by atoms with Crippen molar-refractivity contribution in [2.24, 2.45) is 0 Å². The third kappa shape index (κ3) is 1.67. The average molecular weight is 170 g/mol. The van der Waals surface area contributed by atoms with Crippen LogP contribution in [0.2, 0.25) is 0 Å². The minimum Gasteiger partial charge on any atom is -0.479 e. The summed E-state index contributed by atoms with van der Waals surface area (Å²) in [6.45, 7) is 3.82. The molecule has 1 rings (SSSR count). The lowest BCUT2D eigenvalue weighted by Crippen LogP contribution is -2.38. The highest BCUT2D eigenvalue weighted by molar-refractivity contribution is 5.77. The van der Waals surface area contributed by atoms with Crippen molar-refractivity contribution in [3.63, 3.8) is 0 Å². The first kappa shape index (κ1) is 9.26. The van der Waals surface area contributed by atoms with Gasteiger partial charge in [0.2, 0.25) is 0 Å². The van der Waals surface area contributed by atoms with E-state index in [9.17, 15) is 4.79 Å². The fraction of sp³-hybridized carbons (Fsp3) is 0.667. The Labute approximate surface area is 72.0 Å². The minimum atomic E-state index is -0.909. The SMILES string of the molecule is C=CCOC1(C(=O)O)CCCC1. The van der Waals surface area contributed by atoms with Gasteiger partial charge in [-0.3, -0.25) is 0 Å². The van der Waals surface area contributed by atoms with Crippen molar-refractivity contribution >= 4 is 5.97 Å². The molecule has 12 heavy (non-hydrogen) atoms. The average Bonchev–Trinajstić information content (AvgIpc) is 2.50. The molecule has 3 nitrogen and oxygen atoms in total. The number of carboxylic acid groups (broad SMARTS) is 1. The summed E-state index contributed by atoms with van der Waals surface area (Å²) in [5, 5.41) is 8.93. The highest BCUT2D eigenvalue weighted by Gasteiger charge is 2.42. The first-order valence-corrected chi connectivity index (χ1v) is 4.19. The maximum Gasteiger partial charge on any atom is 0.335 e. The second kappa shape index (κ2) is 3.72. The predicted molar refractivity (Wildman–Crippen MR) is 45.0 cm³/mol. The van der Waals surface area contributed by atoms with Gasteiger partial charge in [0.05, 0.1) is 6.61 Å². The molecule has 0 aromatic rings. The quantitative estimate of drug-likeness (QED) is 0.651. The number of rotatable bonds is 4. The molecule has 0 bridgehead atoms. The van der Waals surface area contributed by atoms with Gasteiger partial charge in [-0.1, -0.05) is 6.08 Å². The first-order chi connectivity index (χ1) is 5.71. The lowest BCUT2D eigenvalue weighted by Gasteiger charge is -2.23. The molecule has 68 valence electrons. The minimum absolute atomic E-state index is 0.326. The number of hydrogen-bond donors (Lipinski definition) is 1. The van der Waals surface area contributed by atoms with Gasteiger partial charge in [0.1, 0.15) is 0 Å². The normalized spacial score (nSPS) is 20.7. The lowest BCUT2D eigenvalue weighted by molar-refractivity contribution is -0.163. The van der Waals surface area contributed by atoms with Crippen LogP contribution in [0.15, 0.2) is 12.7 Å². The molecule has 0 amide bonds. The van der Waals surface area contributed by atoms with Gasteiger partial charge < -0.3 is 9.84 Å². The number of ether oxygens (including phenoxy) is 1. The maximum atomic E-state index is 10.9. The van der Waals surface area contributed by atoms with Crippen LogP contribution < -0.4 is 0 Å². The summed E-state index contributed by atoms with van der Waals surface area (Å²) in [5.74, 6) is -0.832. The third-order valence-corrected chi connectivity index (χ3v) is 2.28. The van der Waals surface area contributed by atoms with E-state index in [1.54, 1.807) is 6.08 Å². The molecular weight excluding hydrogens is 156 g/mol. The van der Waals surface area contributed by atoms with Crippen molar-refractivity contribution in [2.75, 3.05) is 6.61 Å². The molecule has 0 heterocycles. The van der Waals surface area contributed by atoms with E-state index in [1.807, 2.05) is 0 Å². The second-order valence-electron chi connectivity index (χ2n) is 3.11. The molecule has 1 aliphatic carbocycles. The van der Waals surface area contributed by atoms with E-state index >= 15 is 0 Å². The Balaban J connectivity index is 2.58. The molecule has 0 spiro atoms. The molecule has 0 aromatic carbocycles. The molecule has 1 saturated carbocycles. The molecule has 1 fully saturated rings. The highest BCUT2D eigenvalue weighted by Crippen LogP contribution is 2.33. The van der Waals surface area contributed by atoms with E-state index in [2.05, 4.69) is 6.58 Å². The van der Waals surface area contributed by atoms with Crippen LogP contribution in [0.3, 0.4) is 0 Å². The summed E-state index contributed by atoms with van der Waals surface area (Å²) >= 11 is 0. The summed E-state index contributed by atoms with van der Waals surface area (Å²) in [4.78, 5) is 10.9. The zero-order valence-corrected chi connectivity index (χ0v) is 7.08. The van der Waals surface area contributed by atoms with Gasteiger partial charge >= 0.3 is 5.97 Å². The van der Waals surface area contributed by atoms with Crippen LogP contribution in [0.5, 0.6) is 0 Å². The van der Waals surface area contributed by atoms with E-state index in [0.29, 0.717) is 19.4 Å². The van der Waals surface area contributed by atoms with E-state index < -0.39 is 11.6 Å². The third-order valence-electron chi connectivity index (χ3n) is 2.28. The predicted octanol–water partition coefficient (Wildman–Crippen LogP) is 1.59. The van der Waals surface area contributed by atoms with Gasteiger partial charge in [-0.25, -0.2) is 4.79 Å². The summed E-state index contributed by atoms with van der Waals surface area (Å²) in [6.07, 6.45) is 4.75. The number of carbonyl (C=O) groups is 1. The number of carboxylic acids is 1. The molecule has 1 N–H and O–H groups in total.